The predicted molar refractivity (Wildman–Crippen MR) is 103 cm³/mol. The highest BCUT2D eigenvalue weighted by Crippen LogP contribution is 2.34. The average Bonchev–Trinajstić information content (AvgIpc) is 3.31. The van der Waals surface area contributed by atoms with Crippen molar-refractivity contribution in [3.63, 3.8) is 0 Å². The SMILES string of the molecule is COC(=O)c1sc(NC(=O)C2(n3cccn3)CCNCC2)nc1C(C)(C)C. The molecule has 0 atom stereocenters. The van der Waals surface area contributed by atoms with Crippen LogP contribution in [0.15, 0.2) is 18.5 Å². The highest BCUT2D eigenvalue weighted by atomic mass is 32.1. The number of aromatic nitrogens is 3. The Morgan fingerprint density at radius 1 is 1.33 bits per heavy atom. The third-order valence-corrected chi connectivity index (χ3v) is 5.68. The summed E-state index contributed by atoms with van der Waals surface area (Å²) in [5.74, 6) is -0.611. The molecule has 146 valence electrons. The number of rotatable bonds is 4. The molecule has 1 aliphatic heterocycles. The van der Waals surface area contributed by atoms with Gasteiger partial charge in [-0.2, -0.15) is 5.10 Å². The molecule has 1 fully saturated rings. The van der Waals surface area contributed by atoms with E-state index in [9.17, 15) is 9.59 Å². The van der Waals surface area contributed by atoms with Crippen LogP contribution in [-0.2, 0) is 20.5 Å². The van der Waals surface area contributed by atoms with Crippen LogP contribution < -0.4 is 10.6 Å². The van der Waals surface area contributed by atoms with Gasteiger partial charge in [0, 0.05) is 17.8 Å². The van der Waals surface area contributed by atoms with Crippen LogP contribution in [0.25, 0.3) is 0 Å². The molecule has 2 aromatic heterocycles. The van der Waals surface area contributed by atoms with E-state index in [0.717, 1.165) is 24.4 Å². The Morgan fingerprint density at radius 2 is 2.04 bits per heavy atom. The average molecular weight is 391 g/mol. The first kappa shape index (κ1) is 19.5. The Bertz CT molecular complexity index is 817. The fourth-order valence-corrected chi connectivity index (χ4v) is 4.34. The van der Waals surface area contributed by atoms with Gasteiger partial charge < -0.3 is 10.1 Å². The molecule has 1 aliphatic rings. The van der Waals surface area contributed by atoms with Crippen LogP contribution in [0.2, 0.25) is 0 Å². The predicted octanol–water partition coefficient (Wildman–Crippen LogP) is 2.14. The van der Waals surface area contributed by atoms with Crippen LogP contribution >= 0.6 is 11.3 Å². The monoisotopic (exact) mass is 391 g/mol. The quantitative estimate of drug-likeness (QED) is 0.775. The van der Waals surface area contributed by atoms with E-state index in [2.05, 4.69) is 20.7 Å². The van der Waals surface area contributed by atoms with Crippen LogP contribution in [0.3, 0.4) is 0 Å². The van der Waals surface area contributed by atoms with E-state index in [1.54, 1.807) is 10.9 Å². The number of ether oxygens (including phenoxy) is 1. The minimum atomic E-state index is -0.770. The number of carbonyl (C=O) groups excluding carboxylic acids is 2. The van der Waals surface area contributed by atoms with E-state index >= 15 is 0 Å². The van der Waals surface area contributed by atoms with Crippen molar-refractivity contribution in [2.45, 2.75) is 44.6 Å². The minimum absolute atomic E-state index is 0.168. The van der Waals surface area contributed by atoms with Gasteiger partial charge in [-0.05, 0) is 32.0 Å². The summed E-state index contributed by atoms with van der Waals surface area (Å²) in [6.07, 6.45) is 4.74. The Labute approximate surface area is 162 Å². The molecule has 0 bridgehead atoms. The maximum Gasteiger partial charge on any atom is 0.350 e. The molecule has 0 spiro atoms. The minimum Gasteiger partial charge on any atom is -0.465 e. The molecular weight excluding hydrogens is 366 g/mol. The molecule has 8 nitrogen and oxygen atoms in total. The summed E-state index contributed by atoms with van der Waals surface area (Å²) < 4.78 is 6.61. The Hall–Kier alpha value is -2.26. The van der Waals surface area contributed by atoms with Gasteiger partial charge in [0.25, 0.3) is 5.91 Å². The van der Waals surface area contributed by atoms with Gasteiger partial charge in [0.1, 0.15) is 10.4 Å². The lowest BCUT2D eigenvalue weighted by Gasteiger charge is -2.36. The number of nitrogens with zero attached hydrogens (tertiary/aromatic N) is 3. The van der Waals surface area contributed by atoms with Crippen LogP contribution in [0.1, 0.15) is 49.0 Å². The number of thiazole rings is 1. The largest absolute Gasteiger partial charge is 0.465 e. The fourth-order valence-electron chi connectivity index (χ4n) is 3.25. The number of esters is 1. The number of carbonyl (C=O) groups is 2. The lowest BCUT2D eigenvalue weighted by atomic mass is 9.87. The number of methoxy groups -OCH3 is 1. The Balaban J connectivity index is 1.93. The Morgan fingerprint density at radius 3 is 2.59 bits per heavy atom. The third kappa shape index (κ3) is 3.74. The molecule has 0 saturated carbocycles. The van der Waals surface area contributed by atoms with Crippen molar-refractivity contribution in [3.05, 3.63) is 29.0 Å². The molecule has 0 radical (unpaired) electrons. The molecule has 3 heterocycles. The van der Waals surface area contributed by atoms with E-state index in [0.29, 0.717) is 28.5 Å². The smallest absolute Gasteiger partial charge is 0.350 e. The molecule has 9 heteroatoms. The summed E-state index contributed by atoms with van der Waals surface area (Å²) in [4.78, 5) is 30.3. The molecule has 0 aliphatic carbocycles. The lowest BCUT2D eigenvalue weighted by Crippen LogP contribution is -2.52. The van der Waals surface area contributed by atoms with Crippen molar-refractivity contribution in [3.8, 4) is 0 Å². The summed E-state index contributed by atoms with van der Waals surface area (Å²) >= 11 is 1.14. The molecule has 2 N–H and O–H groups in total. The number of hydrogen-bond donors (Lipinski definition) is 2. The van der Waals surface area contributed by atoms with Gasteiger partial charge in [-0.25, -0.2) is 9.78 Å². The van der Waals surface area contributed by atoms with Crippen molar-refractivity contribution in [1.82, 2.24) is 20.1 Å². The van der Waals surface area contributed by atoms with Gasteiger partial charge in [-0.3, -0.25) is 14.8 Å². The molecule has 0 unspecified atom stereocenters. The zero-order chi connectivity index (χ0) is 19.7. The standard InChI is InChI=1S/C18H25N5O3S/c1-17(2,3)13-12(14(24)26-4)27-16(21-13)22-15(25)18(6-9-19-10-7-18)23-11-5-8-20-23/h5,8,11,19H,6-7,9-10H2,1-4H3,(H,21,22,25). The molecule has 1 saturated heterocycles. The van der Waals surface area contributed by atoms with E-state index < -0.39 is 11.5 Å². The number of anilines is 1. The maximum atomic E-state index is 13.2. The van der Waals surface area contributed by atoms with Gasteiger partial charge in [0.15, 0.2) is 5.13 Å². The van der Waals surface area contributed by atoms with Crippen LogP contribution in [0.5, 0.6) is 0 Å². The molecule has 1 amide bonds. The van der Waals surface area contributed by atoms with Gasteiger partial charge in [0.05, 0.1) is 12.8 Å². The Kier molecular flexibility index (Phi) is 5.34. The first-order valence-electron chi connectivity index (χ1n) is 8.90. The fraction of sp³-hybridized carbons (Fsp3) is 0.556. The van der Waals surface area contributed by atoms with Crippen LogP contribution in [0, 0.1) is 0 Å². The van der Waals surface area contributed by atoms with E-state index in [-0.39, 0.29) is 11.3 Å². The summed E-state index contributed by atoms with van der Waals surface area (Å²) in [6.45, 7) is 7.37. The molecule has 0 aromatic carbocycles. The highest BCUT2D eigenvalue weighted by molar-refractivity contribution is 7.17. The molecule has 27 heavy (non-hydrogen) atoms. The van der Waals surface area contributed by atoms with Crippen LogP contribution in [0.4, 0.5) is 5.13 Å². The second-order valence-corrected chi connectivity index (χ2v) is 8.62. The first-order valence-corrected chi connectivity index (χ1v) is 9.71. The third-order valence-electron chi connectivity index (χ3n) is 4.73. The number of piperidine rings is 1. The molecule has 3 rings (SSSR count). The van der Waals surface area contributed by atoms with E-state index in [1.807, 2.05) is 33.0 Å². The van der Waals surface area contributed by atoms with E-state index in [1.165, 1.54) is 7.11 Å². The topological polar surface area (TPSA) is 98.1 Å². The second-order valence-electron chi connectivity index (χ2n) is 7.62. The van der Waals surface area contributed by atoms with Crippen molar-refractivity contribution in [1.29, 1.82) is 0 Å². The number of nitrogens with one attached hydrogen (secondary N) is 2. The van der Waals surface area contributed by atoms with Gasteiger partial charge >= 0.3 is 5.97 Å². The molecular formula is C18H25N5O3S. The van der Waals surface area contributed by atoms with Crippen molar-refractivity contribution in [2.75, 3.05) is 25.5 Å². The van der Waals surface area contributed by atoms with Gasteiger partial charge in [-0.1, -0.05) is 32.1 Å². The lowest BCUT2D eigenvalue weighted by molar-refractivity contribution is -0.126. The van der Waals surface area contributed by atoms with Crippen LogP contribution in [-0.4, -0.2) is 46.8 Å². The van der Waals surface area contributed by atoms with Gasteiger partial charge in [0.2, 0.25) is 0 Å². The number of amides is 1. The van der Waals surface area contributed by atoms with Gasteiger partial charge in [-0.15, -0.1) is 0 Å². The number of hydrogen-bond acceptors (Lipinski definition) is 7. The summed E-state index contributed by atoms with van der Waals surface area (Å²) in [6, 6.07) is 1.81. The zero-order valence-corrected chi connectivity index (χ0v) is 16.9. The van der Waals surface area contributed by atoms with Crippen molar-refractivity contribution < 1.29 is 14.3 Å². The summed E-state index contributed by atoms with van der Waals surface area (Å²) in [7, 11) is 1.34. The van der Waals surface area contributed by atoms with E-state index in [4.69, 9.17) is 4.74 Å². The van der Waals surface area contributed by atoms with Crippen molar-refractivity contribution in [2.24, 2.45) is 0 Å². The normalized spacial score (nSPS) is 16.7. The summed E-state index contributed by atoms with van der Waals surface area (Å²) in [5, 5.41) is 10.9. The highest BCUT2D eigenvalue weighted by Gasteiger charge is 2.42. The summed E-state index contributed by atoms with van der Waals surface area (Å²) in [5.41, 5.74) is -0.501. The first-order chi connectivity index (χ1) is 12.8. The maximum absolute atomic E-state index is 13.2. The second kappa shape index (κ2) is 7.40. The zero-order valence-electron chi connectivity index (χ0n) is 16.0. The molecule has 2 aromatic rings. The van der Waals surface area contributed by atoms with Crippen molar-refractivity contribution >= 4 is 28.3 Å².